The maximum Gasteiger partial charge on any atom is 0.126 e. The lowest BCUT2D eigenvalue weighted by atomic mass is 9.98. The third kappa shape index (κ3) is 1.43. The predicted molar refractivity (Wildman–Crippen MR) is 34.7 cm³/mol. The Morgan fingerprint density at radius 3 is 2.89 bits per heavy atom. The van der Waals surface area contributed by atoms with Crippen molar-refractivity contribution >= 4 is 0 Å². The maximum atomic E-state index is 12.6. The van der Waals surface area contributed by atoms with Crippen LogP contribution in [-0.4, -0.2) is 19.3 Å². The number of alkyl halides is 1. The Balaban J connectivity index is 2.41. The van der Waals surface area contributed by atoms with Crippen molar-refractivity contribution < 1.29 is 4.39 Å². The molecular weight excluding hydrogens is 117 g/mol. The van der Waals surface area contributed by atoms with Crippen LogP contribution >= 0.6 is 0 Å². The van der Waals surface area contributed by atoms with Gasteiger partial charge in [0.15, 0.2) is 0 Å². The summed E-state index contributed by atoms with van der Waals surface area (Å²) in [5.41, 5.74) is 0. The molecule has 2 unspecified atom stereocenters. The summed E-state index contributed by atoms with van der Waals surface area (Å²) >= 11 is 0. The van der Waals surface area contributed by atoms with Gasteiger partial charge in [0.1, 0.15) is 6.17 Å². The zero-order valence-corrected chi connectivity index (χ0v) is 5.23. The first kappa shape index (κ1) is 6.57. The van der Waals surface area contributed by atoms with Gasteiger partial charge >= 0.3 is 0 Å². The van der Waals surface area contributed by atoms with Gasteiger partial charge in [-0.25, -0.2) is 4.39 Å². The zero-order chi connectivity index (χ0) is 6.69. The zero-order valence-electron chi connectivity index (χ0n) is 5.23. The summed E-state index contributed by atoms with van der Waals surface area (Å²) in [6.45, 7) is 1.28. The van der Waals surface area contributed by atoms with Gasteiger partial charge in [0, 0.05) is 6.54 Å². The van der Waals surface area contributed by atoms with Crippen molar-refractivity contribution in [1.29, 1.82) is 0 Å². The molecule has 1 heterocycles. The van der Waals surface area contributed by atoms with E-state index in [0.717, 1.165) is 13.0 Å². The highest BCUT2D eigenvalue weighted by atomic mass is 19.1. The number of hydrogen-bond acceptors (Lipinski definition) is 1. The first-order valence-corrected chi connectivity index (χ1v) is 3.15. The van der Waals surface area contributed by atoms with Crippen LogP contribution in [0.2, 0.25) is 0 Å². The minimum Gasteiger partial charge on any atom is -0.314 e. The summed E-state index contributed by atoms with van der Waals surface area (Å²) in [7, 11) is 0. The predicted octanol–water partition coefficient (Wildman–Crippen LogP) is 0.567. The number of piperidine rings is 1. The lowest BCUT2D eigenvalue weighted by Gasteiger charge is -2.21. The minimum atomic E-state index is -0.830. The highest BCUT2D eigenvalue weighted by Crippen LogP contribution is 2.13. The fraction of sp³-hybridized carbons (Fsp3) is 0.714. The van der Waals surface area contributed by atoms with Gasteiger partial charge in [-0.3, -0.25) is 0 Å². The summed E-state index contributed by atoms with van der Waals surface area (Å²) < 4.78 is 12.6. The number of halogens is 1. The summed E-state index contributed by atoms with van der Waals surface area (Å²) in [5.74, 6) is 2.29. The summed E-state index contributed by atoms with van der Waals surface area (Å²) in [4.78, 5) is 0. The van der Waals surface area contributed by atoms with Crippen LogP contribution in [0.4, 0.5) is 4.39 Å². The molecule has 1 aliphatic rings. The van der Waals surface area contributed by atoms with E-state index in [9.17, 15) is 4.39 Å². The van der Waals surface area contributed by atoms with E-state index in [-0.39, 0.29) is 5.92 Å². The molecule has 0 saturated carbocycles. The molecule has 0 aromatic carbocycles. The third-order valence-electron chi connectivity index (χ3n) is 1.62. The van der Waals surface area contributed by atoms with Crippen molar-refractivity contribution in [3.63, 3.8) is 0 Å². The molecule has 1 fully saturated rings. The molecule has 0 aromatic heterocycles. The van der Waals surface area contributed by atoms with Crippen molar-refractivity contribution in [3.05, 3.63) is 0 Å². The van der Waals surface area contributed by atoms with Gasteiger partial charge in [-0.05, 0) is 13.0 Å². The molecule has 0 spiro atoms. The minimum absolute atomic E-state index is 0.147. The van der Waals surface area contributed by atoms with Crippen molar-refractivity contribution in [2.75, 3.05) is 13.1 Å². The van der Waals surface area contributed by atoms with Gasteiger partial charge in [0.2, 0.25) is 0 Å². The maximum absolute atomic E-state index is 12.6. The van der Waals surface area contributed by atoms with Gasteiger partial charge in [-0.15, -0.1) is 12.3 Å². The number of rotatable bonds is 0. The standard InChI is InChI=1S/C7H10FN/c1-2-6-3-4-9-5-7(6)8/h1,6-7,9H,3-5H2. The van der Waals surface area contributed by atoms with Gasteiger partial charge in [-0.1, -0.05) is 0 Å². The second kappa shape index (κ2) is 2.84. The van der Waals surface area contributed by atoms with Crippen LogP contribution in [0.15, 0.2) is 0 Å². The van der Waals surface area contributed by atoms with Crippen LogP contribution in [0, 0.1) is 18.3 Å². The first-order valence-electron chi connectivity index (χ1n) is 3.15. The van der Waals surface area contributed by atoms with Crippen LogP contribution < -0.4 is 5.32 Å². The third-order valence-corrected chi connectivity index (χ3v) is 1.62. The molecule has 1 nitrogen and oxygen atoms in total. The molecule has 9 heavy (non-hydrogen) atoms. The number of terminal acetylenes is 1. The Labute approximate surface area is 54.6 Å². The Hall–Kier alpha value is -0.550. The quantitative estimate of drug-likeness (QED) is 0.469. The lowest BCUT2D eigenvalue weighted by Crippen LogP contribution is -2.37. The Morgan fingerprint density at radius 2 is 2.44 bits per heavy atom. The largest absolute Gasteiger partial charge is 0.314 e. The van der Waals surface area contributed by atoms with Crippen molar-refractivity contribution in [2.24, 2.45) is 5.92 Å². The molecule has 2 atom stereocenters. The monoisotopic (exact) mass is 127 g/mol. The Bertz CT molecular complexity index is 127. The lowest BCUT2D eigenvalue weighted by molar-refractivity contribution is 0.220. The first-order chi connectivity index (χ1) is 4.34. The van der Waals surface area contributed by atoms with Gasteiger partial charge in [0.25, 0.3) is 0 Å². The molecule has 0 bridgehead atoms. The SMILES string of the molecule is C#CC1CCNCC1F. The summed E-state index contributed by atoms with van der Waals surface area (Å²) in [5, 5.41) is 2.93. The molecule has 0 radical (unpaired) electrons. The Morgan fingerprint density at radius 1 is 1.67 bits per heavy atom. The molecule has 1 saturated heterocycles. The van der Waals surface area contributed by atoms with E-state index in [1.165, 1.54) is 0 Å². The van der Waals surface area contributed by atoms with Crippen LogP contribution in [-0.2, 0) is 0 Å². The molecule has 1 aliphatic heterocycles. The van der Waals surface area contributed by atoms with E-state index >= 15 is 0 Å². The number of nitrogens with one attached hydrogen (secondary N) is 1. The van der Waals surface area contributed by atoms with Gasteiger partial charge in [-0.2, -0.15) is 0 Å². The molecule has 1 rings (SSSR count). The van der Waals surface area contributed by atoms with E-state index in [1.54, 1.807) is 0 Å². The van der Waals surface area contributed by atoms with E-state index < -0.39 is 6.17 Å². The van der Waals surface area contributed by atoms with Crippen LogP contribution in [0.1, 0.15) is 6.42 Å². The average Bonchev–Trinajstić information content (AvgIpc) is 1.89. The highest BCUT2D eigenvalue weighted by molar-refractivity contribution is 4.99. The molecule has 2 heteroatoms. The fourth-order valence-corrected chi connectivity index (χ4v) is 1.01. The Kier molecular flexibility index (Phi) is 2.07. The van der Waals surface area contributed by atoms with Crippen LogP contribution in [0.3, 0.4) is 0 Å². The molecule has 1 N–H and O–H groups in total. The molecular formula is C7H10FN. The fourth-order valence-electron chi connectivity index (χ4n) is 1.01. The topological polar surface area (TPSA) is 12.0 Å². The van der Waals surface area contributed by atoms with E-state index in [4.69, 9.17) is 6.42 Å². The smallest absolute Gasteiger partial charge is 0.126 e. The van der Waals surface area contributed by atoms with Crippen LogP contribution in [0.5, 0.6) is 0 Å². The van der Waals surface area contributed by atoms with Crippen molar-refractivity contribution in [2.45, 2.75) is 12.6 Å². The normalized spacial score (nSPS) is 35.6. The molecule has 0 aliphatic carbocycles. The number of hydrogen-bond donors (Lipinski definition) is 1. The van der Waals surface area contributed by atoms with Crippen molar-refractivity contribution in [1.82, 2.24) is 5.32 Å². The second-order valence-corrected chi connectivity index (χ2v) is 2.28. The highest BCUT2D eigenvalue weighted by Gasteiger charge is 2.21. The van der Waals surface area contributed by atoms with Crippen LogP contribution in [0.25, 0.3) is 0 Å². The van der Waals surface area contributed by atoms with Gasteiger partial charge < -0.3 is 5.32 Å². The second-order valence-electron chi connectivity index (χ2n) is 2.28. The summed E-state index contributed by atoms with van der Waals surface area (Å²) in [6.07, 6.45) is 5.02. The van der Waals surface area contributed by atoms with E-state index in [2.05, 4.69) is 11.2 Å². The van der Waals surface area contributed by atoms with E-state index in [0.29, 0.717) is 6.54 Å². The molecule has 0 amide bonds. The average molecular weight is 127 g/mol. The molecule has 0 aromatic rings. The van der Waals surface area contributed by atoms with E-state index in [1.807, 2.05) is 0 Å². The summed E-state index contributed by atoms with van der Waals surface area (Å²) in [6, 6.07) is 0. The molecule has 50 valence electrons. The van der Waals surface area contributed by atoms with Crippen molar-refractivity contribution in [3.8, 4) is 12.3 Å². The van der Waals surface area contributed by atoms with Gasteiger partial charge in [0.05, 0.1) is 5.92 Å².